The van der Waals surface area contributed by atoms with Crippen molar-refractivity contribution in [3.05, 3.63) is 36.1 Å². The lowest BCUT2D eigenvalue weighted by Crippen LogP contribution is -2.08. The second-order valence-corrected chi connectivity index (χ2v) is 3.45. The minimum atomic E-state index is 0.992. The minimum Gasteiger partial charge on any atom is -0.321 e. The van der Waals surface area contributed by atoms with Gasteiger partial charge in [-0.15, -0.1) is 11.3 Å². The van der Waals surface area contributed by atoms with Gasteiger partial charge in [0.05, 0.1) is 0 Å². The number of pyridine rings is 1. The predicted octanol–water partition coefficient (Wildman–Crippen LogP) is 2.31. The average molecular weight is 191 g/mol. The van der Waals surface area contributed by atoms with Crippen LogP contribution in [-0.4, -0.2) is 17.0 Å². The molecule has 0 atom stereocenters. The van der Waals surface area contributed by atoms with Gasteiger partial charge in [0.2, 0.25) is 0 Å². The quantitative estimate of drug-likeness (QED) is 0.729. The number of hydrogen-bond donors (Lipinski definition) is 0. The Balaban J connectivity index is 2.29. The molecule has 4 heteroatoms. The van der Waals surface area contributed by atoms with Crippen LogP contribution in [0.3, 0.4) is 0 Å². The van der Waals surface area contributed by atoms with E-state index < -0.39 is 0 Å². The van der Waals surface area contributed by atoms with Crippen molar-refractivity contribution >= 4 is 22.2 Å². The van der Waals surface area contributed by atoms with E-state index in [0.717, 1.165) is 10.8 Å². The number of anilines is 2. The molecule has 3 nitrogen and oxygen atoms in total. The predicted molar refractivity (Wildman–Crippen MR) is 54.4 cm³/mol. The Morgan fingerprint density at radius 3 is 2.62 bits per heavy atom. The molecule has 2 aromatic heterocycles. The molecular weight excluding hydrogens is 182 g/mol. The van der Waals surface area contributed by atoms with Gasteiger partial charge in [0, 0.05) is 36.7 Å². The highest BCUT2D eigenvalue weighted by molar-refractivity contribution is 7.13. The van der Waals surface area contributed by atoms with Crippen LogP contribution in [0.25, 0.3) is 0 Å². The molecule has 0 aliphatic heterocycles. The van der Waals surface area contributed by atoms with E-state index in [9.17, 15) is 0 Å². The molecule has 0 aliphatic rings. The maximum atomic E-state index is 4.22. The molecule has 13 heavy (non-hydrogen) atoms. The first-order valence-electron chi connectivity index (χ1n) is 3.91. The Hall–Kier alpha value is -1.42. The zero-order valence-electron chi connectivity index (χ0n) is 7.21. The summed E-state index contributed by atoms with van der Waals surface area (Å²) in [7, 11) is 1.99. The van der Waals surface area contributed by atoms with Gasteiger partial charge in [0.1, 0.15) is 0 Å². The van der Waals surface area contributed by atoms with Crippen molar-refractivity contribution in [1.82, 2.24) is 9.97 Å². The fourth-order valence-electron chi connectivity index (χ4n) is 1.06. The molecule has 0 spiro atoms. The molecule has 0 bridgehead atoms. The topological polar surface area (TPSA) is 29.0 Å². The van der Waals surface area contributed by atoms with Gasteiger partial charge in [-0.1, -0.05) is 0 Å². The Morgan fingerprint density at radius 2 is 2.00 bits per heavy atom. The molecule has 0 unspecified atom stereocenters. The van der Waals surface area contributed by atoms with Crippen LogP contribution in [0, 0.1) is 0 Å². The second-order valence-electron chi connectivity index (χ2n) is 2.58. The number of hydrogen-bond acceptors (Lipinski definition) is 4. The van der Waals surface area contributed by atoms with Gasteiger partial charge >= 0.3 is 0 Å². The van der Waals surface area contributed by atoms with Gasteiger partial charge in [-0.3, -0.25) is 4.98 Å². The van der Waals surface area contributed by atoms with E-state index in [1.807, 2.05) is 29.5 Å². The zero-order chi connectivity index (χ0) is 9.10. The molecule has 0 aromatic carbocycles. The maximum absolute atomic E-state index is 4.22. The van der Waals surface area contributed by atoms with Crippen molar-refractivity contribution in [1.29, 1.82) is 0 Å². The van der Waals surface area contributed by atoms with Crippen LogP contribution in [0.15, 0.2) is 36.1 Å². The van der Waals surface area contributed by atoms with Crippen LogP contribution in [0.4, 0.5) is 10.8 Å². The summed E-state index contributed by atoms with van der Waals surface area (Å²) < 4.78 is 0. The summed E-state index contributed by atoms with van der Waals surface area (Å²) in [5.74, 6) is 0. The second kappa shape index (κ2) is 3.53. The summed E-state index contributed by atoms with van der Waals surface area (Å²) in [6.07, 6.45) is 5.36. The van der Waals surface area contributed by atoms with Gasteiger partial charge in [-0.05, 0) is 12.1 Å². The minimum absolute atomic E-state index is 0.992. The van der Waals surface area contributed by atoms with E-state index in [4.69, 9.17) is 0 Å². The average Bonchev–Trinajstić information content (AvgIpc) is 2.71. The van der Waals surface area contributed by atoms with Gasteiger partial charge < -0.3 is 4.90 Å². The molecule has 2 rings (SSSR count). The highest BCUT2D eigenvalue weighted by Crippen LogP contribution is 2.23. The van der Waals surface area contributed by atoms with Crippen molar-refractivity contribution in [3.8, 4) is 0 Å². The van der Waals surface area contributed by atoms with Crippen LogP contribution in [-0.2, 0) is 0 Å². The lowest BCUT2D eigenvalue weighted by molar-refractivity contribution is 1.16. The smallest absolute Gasteiger partial charge is 0.189 e. The van der Waals surface area contributed by atoms with E-state index >= 15 is 0 Å². The summed E-state index contributed by atoms with van der Waals surface area (Å²) >= 11 is 1.62. The highest BCUT2D eigenvalue weighted by Gasteiger charge is 2.04. The van der Waals surface area contributed by atoms with Crippen molar-refractivity contribution < 1.29 is 0 Å². The molecule has 0 fully saturated rings. The lowest BCUT2D eigenvalue weighted by atomic mass is 10.4. The van der Waals surface area contributed by atoms with E-state index in [2.05, 4.69) is 9.97 Å². The summed E-state index contributed by atoms with van der Waals surface area (Å²) in [5.41, 5.74) is 1.10. The molecule has 0 saturated heterocycles. The fraction of sp³-hybridized carbons (Fsp3) is 0.111. The third-order valence-electron chi connectivity index (χ3n) is 1.76. The molecule has 66 valence electrons. The molecular formula is C9H9N3S. The summed E-state index contributed by atoms with van der Waals surface area (Å²) in [6.45, 7) is 0. The van der Waals surface area contributed by atoms with E-state index in [0.29, 0.717) is 0 Å². The van der Waals surface area contributed by atoms with E-state index in [1.54, 1.807) is 29.9 Å². The normalized spacial score (nSPS) is 9.92. The van der Waals surface area contributed by atoms with Crippen molar-refractivity contribution in [3.63, 3.8) is 0 Å². The molecule has 0 aliphatic carbocycles. The Morgan fingerprint density at radius 1 is 1.23 bits per heavy atom. The Kier molecular flexibility index (Phi) is 2.23. The van der Waals surface area contributed by atoms with E-state index in [-0.39, 0.29) is 0 Å². The third-order valence-corrected chi connectivity index (χ3v) is 2.60. The first-order chi connectivity index (χ1) is 6.38. The van der Waals surface area contributed by atoms with E-state index in [1.165, 1.54) is 0 Å². The van der Waals surface area contributed by atoms with Gasteiger partial charge in [-0.2, -0.15) is 0 Å². The Labute approximate surface area is 80.7 Å². The first kappa shape index (κ1) is 8.19. The number of thiazole rings is 1. The first-order valence-corrected chi connectivity index (χ1v) is 4.79. The Bertz CT molecular complexity index is 358. The van der Waals surface area contributed by atoms with Gasteiger partial charge in [-0.25, -0.2) is 4.98 Å². The van der Waals surface area contributed by atoms with Crippen molar-refractivity contribution in [2.75, 3.05) is 11.9 Å². The monoisotopic (exact) mass is 191 g/mol. The lowest BCUT2D eigenvalue weighted by Gasteiger charge is -2.14. The maximum Gasteiger partial charge on any atom is 0.189 e. The van der Waals surface area contributed by atoms with Gasteiger partial charge in [0.15, 0.2) is 5.13 Å². The molecule has 0 saturated carbocycles. The summed E-state index contributed by atoms with van der Waals surface area (Å²) in [6, 6.07) is 3.92. The number of nitrogens with zero attached hydrogens (tertiary/aromatic N) is 3. The highest BCUT2D eigenvalue weighted by atomic mass is 32.1. The van der Waals surface area contributed by atoms with Gasteiger partial charge in [0.25, 0.3) is 0 Å². The van der Waals surface area contributed by atoms with Crippen LogP contribution >= 0.6 is 11.3 Å². The summed E-state index contributed by atoms with van der Waals surface area (Å²) in [5, 5.41) is 2.96. The third kappa shape index (κ3) is 1.67. The number of rotatable bonds is 2. The SMILES string of the molecule is CN(c1ccncc1)c1nccs1. The molecule has 2 heterocycles. The standard InChI is InChI=1S/C9H9N3S/c1-12(9-11-6-7-13-9)8-2-4-10-5-3-8/h2-7H,1H3. The molecule has 0 radical (unpaired) electrons. The largest absolute Gasteiger partial charge is 0.321 e. The fourth-order valence-corrected chi connectivity index (χ4v) is 1.69. The molecule has 2 aromatic rings. The van der Waals surface area contributed by atoms with Crippen LogP contribution < -0.4 is 4.90 Å². The van der Waals surface area contributed by atoms with Crippen LogP contribution in [0.1, 0.15) is 0 Å². The molecule has 0 N–H and O–H groups in total. The van der Waals surface area contributed by atoms with Crippen LogP contribution in [0.5, 0.6) is 0 Å². The van der Waals surface area contributed by atoms with Crippen molar-refractivity contribution in [2.45, 2.75) is 0 Å². The van der Waals surface area contributed by atoms with Crippen molar-refractivity contribution in [2.24, 2.45) is 0 Å². The zero-order valence-corrected chi connectivity index (χ0v) is 8.03. The molecule has 0 amide bonds. The van der Waals surface area contributed by atoms with Crippen LogP contribution in [0.2, 0.25) is 0 Å². The number of aromatic nitrogens is 2. The summed E-state index contributed by atoms with van der Waals surface area (Å²) in [4.78, 5) is 10.2.